The Hall–Kier alpha value is -2.70. The third-order valence-corrected chi connectivity index (χ3v) is 5.36. The van der Waals surface area contributed by atoms with Crippen LogP contribution in [-0.4, -0.2) is 51.0 Å². The smallest absolute Gasteiger partial charge is 0.225 e. The van der Waals surface area contributed by atoms with Crippen molar-refractivity contribution in [1.82, 2.24) is 25.4 Å². The minimum absolute atomic E-state index is 0.0760. The molecule has 0 bridgehead atoms. The molecule has 1 aromatic carbocycles. The molecule has 4 rings (SSSR count). The van der Waals surface area contributed by atoms with Crippen molar-refractivity contribution < 1.29 is 9.59 Å². The molecule has 1 aromatic heterocycles. The second-order valence-corrected chi connectivity index (χ2v) is 7.19. The van der Waals surface area contributed by atoms with E-state index >= 15 is 0 Å². The quantitative estimate of drug-likeness (QED) is 0.875. The van der Waals surface area contributed by atoms with Crippen molar-refractivity contribution in [2.24, 2.45) is 5.92 Å². The van der Waals surface area contributed by atoms with Gasteiger partial charge in [-0.1, -0.05) is 36.8 Å². The molecule has 2 fully saturated rings. The first kappa shape index (κ1) is 16.8. The minimum atomic E-state index is -0.145. The SMILES string of the molecule is CC(=O)N[C@@H]1CN(C(=O)C2CCC2)C[C@H]1c1nc(-c2ccccc2)n[nH]1. The Morgan fingerprint density at radius 3 is 2.62 bits per heavy atom. The molecular weight excluding hydrogens is 330 g/mol. The Kier molecular flexibility index (Phi) is 4.44. The molecule has 0 spiro atoms. The average Bonchev–Trinajstić information content (AvgIpc) is 3.20. The summed E-state index contributed by atoms with van der Waals surface area (Å²) in [6.45, 7) is 2.59. The maximum atomic E-state index is 12.6. The van der Waals surface area contributed by atoms with Crippen molar-refractivity contribution in [2.45, 2.75) is 38.1 Å². The summed E-state index contributed by atoms with van der Waals surface area (Å²) in [7, 11) is 0. The number of aromatic amines is 1. The van der Waals surface area contributed by atoms with Crippen LogP contribution in [0.4, 0.5) is 0 Å². The zero-order valence-corrected chi connectivity index (χ0v) is 14.8. The molecule has 26 heavy (non-hydrogen) atoms. The highest BCUT2D eigenvalue weighted by Gasteiger charge is 2.41. The van der Waals surface area contributed by atoms with Gasteiger partial charge in [-0.15, -0.1) is 0 Å². The van der Waals surface area contributed by atoms with Crippen molar-refractivity contribution in [3.8, 4) is 11.4 Å². The predicted octanol–water partition coefficient (Wildman–Crippen LogP) is 1.70. The van der Waals surface area contributed by atoms with Crippen LogP contribution >= 0.6 is 0 Å². The standard InChI is InChI=1S/C19H23N5O2/c1-12(25)20-16-11-24(19(26)14-8-5-9-14)10-15(16)18-21-17(22-23-18)13-6-3-2-4-7-13/h2-4,6-7,14-16H,5,8-11H2,1H3,(H,20,25)(H,21,22,23)/t15-,16-/m1/s1. The van der Waals surface area contributed by atoms with Gasteiger partial charge in [-0.05, 0) is 12.8 Å². The minimum Gasteiger partial charge on any atom is -0.351 e. The molecule has 0 unspecified atom stereocenters. The fraction of sp³-hybridized carbons (Fsp3) is 0.474. The van der Waals surface area contributed by atoms with Gasteiger partial charge < -0.3 is 10.2 Å². The summed E-state index contributed by atoms with van der Waals surface area (Å²) in [6, 6.07) is 9.61. The Bertz CT molecular complexity index is 799. The first-order chi connectivity index (χ1) is 12.6. The highest BCUT2D eigenvalue weighted by Crippen LogP contribution is 2.33. The molecule has 2 heterocycles. The number of hydrogen-bond donors (Lipinski definition) is 2. The molecule has 2 aliphatic rings. The number of aromatic nitrogens is 3. The maximum Gasteiger partial charge on any atom is 0.225 e. The monoisotopic (exact) mass is 353 g/mol. The Balaban J connectivity index is 1.55. The highest BCUT2D eigenvalue weighted by atomic mass is 16.2. The normalized spacial score (nSPS) is 22.9. The van der Waals surface area contributed by atoms with E-state index in [2.05, 4.69) is 20.5 Å². The van der Waals surface area contributed by atoms with Crippen LogP contribution in [-0.2, 0) is 9.59 Å². The summed E-state index contributed by atoms with van der Waals surface area (Å²) >= 11 is 0. The van der Waals surface area contributed by atoms with E-state index in [4.69, 9.17) is 0 Å². The third-order valence-electron chi connectivity index (χ3n) is 5.36. The predicted molar refractivity (Wildman–Crippen MR) is 96.1 cm³/mol. The van der Waals surface area contributed by atoms with Gasteiger partial charge in [0.05, 0.1) is 12.0 Å². The number of H-pyrrole nitrogens is 1. The van der Waals surface area contributed by atoms with Crippen molar-refractivity contribution in [3.63, 3.8) is 0 Å². The molecule has 136 valence electrons. The molecule has 1 aliphatic carbocycles. The number of amides is 2. The van der Waals surface area contributed by atoms with Crippen molar-refractivity contribution in [3.05, 3.63) is 36.2 Å². The van der Waals surface area contributed by atoms with Gasteiger partial charge in [-0.3, -0.25) is 14.7 Å². The third kappa shape index (κ3) is 3.21. The van der Waals surface area contributed by atoms with Gasteiger partial charge in [0.2, 0.25) is 11.8 Å². The molecule has 2 N–H and O–H groups in total. The van der Waals surface area contributed by atoms with Gasteiger partial charge in [0.15, 0.2) is 5.82 Å². The summed E-state index contributed by atoms with van der Waals surface area (Å²) in [4.78, 5) is 30.8. The topological polar surface area (TPSA) is 91.0 Å². The first-order valence-corrected chi connectivity index (χ1v) is 9.15. The van der Waals surface area contributed by atoms with E-state index in [1.54, 1.807) is 0 Å². The van der Waals surface area contributed by atoms with Crippen LogP contribution < -0.4 is 5.32 Å². The van der Waals surface area contributed by atoms with E-state index in [0.29, 0.717) is 24.7 Å². The lowest BCUT2D eigenvalue weighted by Gasteiger charge is -2.29. The van der Waals surface area contributed by atoms with E-state index in [1.807, 2.05) is 35.2 Å². The van der Waals surface area contributed by atoms with Crippen LogP contribution in [0.3, 0.4) is 0 Å². The lowest BCUT2D eigenvalue weighted by molar-refractivity contribution is -0.137. The lowest BCUT2D eigenvalue weighted by atomic mass is 9.84. The molecular formula is C19H23N5O2. The molecule has 2 atom stereocenters. The molecule has 2 amide bonds. The number of benzene rings is 1. The van der Waals surface area contributed by atoms with Gasteiger partial charge in [-0.25, -0.2) is 4.98 Å². The number of rotatable bonds is 4. The number of carbonyl (C=O) groups excluding carboxylic acids is 2. The molecule has 7 nitrogen and oxygen atoms in total. The van der Waals surface area contributed by atoms with Crippen molar-refractivity contribution >= 4 is 11.8 Å². The van der Waals surface area contributed by atoms with Gasteiger partial charge in [0, 0.05) is 31.5 Å². The van der Waals surface area contributed by atoms with Crippen LogP contribution in [0.5, 0.6) is 0 Å². The van der Waals surface area contributed by atoms with Crippen molar-refractivity contribution in [2.75, 3.05) is 13.1 Å². The second-order valence-electron chi connectivity index (χ2n) is 7.19. The summed E-state index contributed by atoms with van der Waals surface area (Å²) in [5.41, 5.74) is 0.937. The summed E-state index contributed by atoms with van der Waals surface area (Å²) in [5, 5.41) is 10.3. The van der Waals surface area contributed by atoms with E-state index in [1.165, 1.54) is 6.92 Å². The van der Waals surface area contributed by atoms with E-state index < -0.39 is 0 Å². The molecule has 1 saturated carbocycles. The zero-order valence-electron chi connectivity index (χ0n) is 14.8. The van der Waals surface area contributed by atoms with Crippen molar-refractivity contribution in [1.29, 1.82) is 0 Å². The summed E-state index contributed by atoms with van der Waals surface area (Å²) in [5.74, 6) is 1.53. The van der Waals surface area contributed by atoms with Crippen LogP contribution in [0.1, 0.15) is 37.9 Å². The fourth-order valence-electron chi connectivity index (χ4n) is 3.74. The number of carbonyl (C=O) groups is 2. The number of hydrogen-bond acceptors (Lipinski definition) is 4. The van der Waals surface area contributed by atoms with E-state index in [9.17, 15) is 9.59 Å². The summed E-state index contributed by atoms with van der Waals surface area (Å²) < 4.78 is 0. The van der Waals surface area contributed by atoms with Gasteiger partial charge in [-0.2, -0.15) is 5.10 Å². The highest BCUT2D eigenvalue weighted by molar-refractivity contribution is 5.80. The maximum absolute atomic E-state index is 12.6. The second kappa shape index (κ2) is 6.90. The van der Waals surface area contributed by atoms with Crippen LogP contribution in [0.25, 0.3) is 11.4 Å². The van der Waals surface area contributed by atoms with E-state index in [0.717, 1.165) is 24.8 Å². The zero-order chi connectivity index (χ0) is 18.1. The Morgan fingerprint density at radius 1 is 1.19 bits per heavy atom. The molecule has 2 aromatic rings. The Morgan fingerprint density at radius 2 is 1.96 bits per heavy atom. The van der Waals surface area contributed by atoms with Gasteiger partial charge >= 0.3 is 0 Å². The van der Waals surface area contributed by atoms with Crippen LogP contribution in [0.15, 0.2) is 30.3 Å². The van der Waals surface area contributed by atoms with E-state index in [-0.39, 0.29) is 29.7 Å². The number of nitrogens with zero attached hydrogens (tertiary/aromatic N) is 3. The first-order valence-electron chi connectivity index (χ1n) is 9.15. The average molecular weight is 353 g/mol. The molecule has 7 heteroatoms. The van der Waals surface area contributed by atoms with Gasteiger partial charge in [0.1, 0.15) is 5.82 Å². The molecule has 1 saturated heterocycles. The van der Waals surface area contributed by atoms with Crippen LogP contribution in [0, 0.1) is 5.92 Å². The lowest BCUT2D eigenvalue weighted by Crippen LogP contribution is -2.41. The number of nitrogens with one attached hydrogen (secondary N) is 2. The Labute approximate surface area is 152 Å². The molecule has 0 radical (unpaired) electrons. The van der Waals surface area contributed by atoms with Gasteiger partial charge in [0.25, 0.3) is 0 Å². The number of likely N-dealkylation sites (tertiary alicyclic amines) is 1. The largest absolute Gasteiger partial charge is 0.351 e. The molecule has 1 aliphatic heterocycles. The fourth-order valence-corrected chi connectivity index (χ4v) is 3.74. The summed E-state index contributed by atoms with van der Waals surface area (Å²) in [6.07, 6.45) is 3.09. The van der Waals surface area contributed by atoms with Crippen LogP contribution in [0.2, 0.25) is 0 Å².